The molecular formula is C15H21N3O3. The summed E-state index contributed by atoms with van der Waals surface area (Å²) in [5.74, 6) is -0.392. The van der Waals surface area contributed by atoms with Crippen molar-refractivity contribution in [3.8, 4) is 0 Å². The predicted octanol–water partition coefficient (Wildman–Crippen LogP) is 0.634. The molecule has 0 radical (unpaired) electrons. The minimum atomic E-state index is -0.602. The van der Waals surface area contributed by atoms with Gasteiger partial charge in [-0.15, -0.1) is 0 Å². The third-order valence-electron chi connectivity index (χ3n) is 3.26. The van der Waals surface area contributed by atoms with Crippen molar-refractivity contribution < 1.29 is 14.3 Å². The van der Waals surface area contributed by atoms with Gasteiger partial charge < -0.3 is 20.7 Å². The Morgan fingerprint density at radius 1 is 1.43 bits per heavy atom. The number of nitrogen functional groups attached to an aromatic ring is 1. The molecular weight excluding hydrogens is 270 g/mol. The zero-order chi connectivity index (χ0) is 15.4. The monoisotopic (exact) mass is 291 g/mol. The largest absolute Gasteiger partial charge is 0.399 e. The highest BCUT2D eigenvalue weighted by atomic mass is 16.5. The molecule has 1 heterocycles. The molecule has 0 saturated carbocycles. The summed E-state index contributed by atoms with van der Waals surface area (Å²) in [6, 6.07) is 6.19. The van der Waals surface area contributed by atoms with E-state index in [4.69, 9.17) is 10.5 Å². The normalized spacial score (nSPS) is 18.6. The van der Waals surface area contributed by atoms with Crippen LogP contribution in [0.25, 0.3) is 0 Å². The highest BCUT2D eigenvalue weighted by Gasteiger charge is 2.33. The number of hydrogen-bond acceptors (Lipinski definition) is 4. The van der Waals surface area contributed by atoms with Crippen LogP contribution < -0.4 is 11.1 Å². The highest BCUT2D eigenvalue weighted by molar-refractivity contribution is 5.98. The lowest BCUT2D eigenvalue weighted by molar-refractivity contribution is -0.131. The number of nitrogens with two attached hydrogens (primary N) is 1. The van der Waals surface area contributed by atoms with E-state index in [1.165, 1.54) is 0 Å². The number of carbonyl (C=O) groups is 2. The lowest BCUT2D eigenvalue weighted by Gasteiger charge is -2.35. The summed E-state index contributed by atoms with van der Waals surface area (Å²) in [5.41, 5.74) is 6.72. The SMILES string of the molecule is CC(C)NC(=O)C1COCCN1C(=O)c1cccc(N)c1. The number of anilines is 1. The van der Waals surface area contributed by atoms with Crippen molar-refractivity contribution >= 4 is 17.5 Å². The van der Waals surface area contributed by atoms with Crippen LogP contribution in [0.1, 0.15) is 24.2 Å². The Hall–Kier alpha value is -2.08. The number of carbonyl (C=O) groups excluding carboxylic acids is 2. The van der Waals surface area contributed by atoms with Gasteiger partial charge in [0.25, 0.3) is 5.91 Å². The zero-order valence-electron chi connectivity index (χ0n) is 12.3. The number of nitrogens with zero attached hydrogens (tertiary/aromatic N) is 1. The van der Waals surface area contributed by atoms with E-state index in [0.717, 1.165) is 0 Å². The minimum absolute atomic E-state index is 0.0174. The van der Waals surface area contributed by atoms with E-state index >= 15 is 0 Å². The number of amides is 2. The van der Waals surface area contributed by atoms with Gasteiger partial charge in [0.15, 0.2) is 0 Å². The smallest absolute Gasteiger partial charge is 0.254 e. The minimum Gasteiger partial charge on any atom is -0.399 e. The molecule has 0 bridgehead atoms. The summed E-state index contributed by atoms with van der Waals surface area (Å²) in [5, 5.41) is 2.82. The van der Waals surface area contributed by atoms with Gasteiger partial charge in [0.2, 0.25) is 5.91 Å². The molecule has 2 rings (SSSR count). The van der Waals surface area contributed by atoms with Gasteiger partial charge in [-0.05, 0) is 32.0 Å². The maximum absolute atomic E-state index is 12.6. The van der Waals surface area contributed by atoms with Crippen molar-refractivity contribution in [1.82, 2.24) is 10.2 Å². The van der Waals surface area contributed by atoms with Gasteiger partial charge in [-0.3, -0.25) is 9.59 Å². The van der Waals surface area contributed by atoms with Crippen LogP contribution in [0, 0.1) is 0 Å². The Labute approximate surface area is 124 Å². The molecule has 1 unspecified atom stereocenters. The first-order chi connectivity index (χ1) is 9.99. The van der Waals surface area contributed by atoms with Gasteiger partial charge in [-0.2, -0.15) is 0 Å². The van der Waals surface area contributed by atoms with Crippen LogP contribution in [-0.4, -0.2) is 48.6 Å². The number of rotatable bonds is 3. The molecule has 2 amide bonds. The quantitative estimate of drug-likeness (QED) is 0.800. The molecule has 0 aliphatic carbocycles. The van der Waals surface area contributed by atoms with Crippen molar-refractivity contribution in [3.05, 3.63) is 29.8 Å². The van der Waals surface area contributed by atoms with Gasteiger partial charge in [0, 0.05) is 23.8 Å². The standard InChI is InChI=1S/C15H21N3O3/c1-10(2)17-14(19)13-9-21-7-6-18(13)15(20)11-4-3-5-12(16)8-11/h3-5,8,10,13H,6-7,9,16H2,1-2H3,(H,17,19). The van der Waals surface area contributed by atoms with Gasteiger partial charge >= 0.3 is 0 Å². The van der Waals surface area contributed by atoms with E-state index in [0.29, 0.717) is 24.4 Å². The third kappa shape index (κ3) is 3.72. The fourth-order valence-electron chi connectivity index (χ4n) is 2.28. The molecule has 1 fully saturated rings. The fraction of sp³-hybridized carbons (Fsp3) is 0.467. The molecule has 1 saturated heterocycles. The molecule has 0 spiro atoms. The van der Waals surface area contributed by atoms with Crippen molar-refractivity contribution in [2.45, 2.75) is 25.9 Å². The Bertz CT molecular complexity index is 531. The van der Waals surface area contributed by atoms with Crippen LogP contribution >= 0.6 is 0 Å². The second-order valence-electron chi connectivity index (χ2n) is 5.38. The number of morpholine rings is 1. The van der Waals surface area contributed by atoms with Crippen LogP contribution in [0.5, 0.6) is 0 Å². The van der Waals surface area contributed by atoms with Crippen LogP contribution in [0.15, 0.2) is 24.3 Å². The first-order valence-corrected chi connectivity index (χ1v) is 7.03. The predicted molar refractivity (Wildman–Crippen MR) is 79.8 cm³/mol. The van der Waals surface area contributed by atoms with Gasteiger partial charge in [-0.25, -0.2) is 0 Å². The Kier molecular flexibility index (Phi) is 4.80. The Balaban J connectivity index is 2.18. The van der Waals surface area contributed by atoms with Crippen molar-refractivity contribution in [2.24, 2.45) is 0 Å². The second kappa shape index (κ2) is 6.58. The molecule has 21 heavy (non-hydrogen) atoms. The first kappa shape index (κ1) is 15.3. The summed E-state index contributed by atoms with van der Waals surface area (Å²) in [6.45, 7) is 4.80. The van der Waals surface area contributed by atoms with Crippen LogP contribution in [0.2, 0.25) is 0 Å². The summed E-state index contributed by atoms with van der Waals surface area (Å²) in [6.07, 6.45) is 0. The summed E-state index contributed by atoms with van der Waals surface area (Å²) in [4.78, 5) is 26.4. The number of ether oxygens (including phenoxy) is 1. The van der Waals surface area contributed by atoms with E-state index < -0.39 is 6.04 Å². The molecule has 1 aliphatic heterocycles. The molecule has 6 nitrogen and oxygen atoms in total. The fourth-order valence-corrected chi connectivity index (χ4v) is 2.28. The van der Waals surface area contributed by atoms with Crippen LogP contribution in [-0.2, 0) is 9.53 Å². The Morgan fingerprint density at radius 3 is 2.86 bits per heavy atom. The first-order valence-electron chi connectivity index (χ1n) is 7.03. The maximum Gasteiger partial charge on any atom is 0.254 e. The van der Waals surface area contributed by atoms with Crippen molar-refractivity contribution in [3.63, 3.8) is 0 Å². The van der Waals surface area contributed by atoms with E-state index in [2.05, 4.69) is 5.32 Å². The van der Waals surface area contributed by atoms with Crippen molar-refractivity contribution in [1.29, 1.82) is 0 Å². The number of nitrogens with one attached hydrogen (secondary N) is 1. The lowest BCUT2D eigenvalue weighted by atomic mass is 10.1. The molecule has 114 valence electrons. The summed E-state index contributed by atoms with van der Waals surface area (Å²) < 4.78 is 5.35. The summed E-state index contributed by atoms with van der Waals surface area (Å²) in [7, 11) is 0. The van der Waals surface area contributed by atoms with E-state index in [1.54, 1.807) is 29.2 Å². The highest BCUT2D eigenvalue weighted by Crippen LogP contribution is 2.15. The number of benzene rings is 1. The van der Waals surface area contributed by atoms with Gasteiger partial charge in [0.1, 0.15) is 6.04 Å². The molecule has 3 N–H and O–H groups in total. The molecule has 1 aromatic rings. The molecule has 0 aromatic heterocycles. The van der Waals surface area contributed by atoms with Gasteiger partial charge in [0.05, 0.1) is 13.2 Å². The van der Waals surface area contributed by atoms with Crippen LogP contribution in [0.3, 0.4) is 0 Å². The molecule has 1 atom stereocenters. The van der Waals surface area contributed by atoms with E-state index in [9.17, 15) is 9.59 Å². The average Bonchev–Trinajstić information content (AvgIpc) is 2.46. The maximum atomic E-state index is 12.6. The zero-order valence-corrected chi connectivity index (χ0v) is 12.3. The third-order valence-corrected chi connectivity index (χ3v) is 3.26. The lowest BCUT2D eigenvalue weighted by Crippen LogP contribution is -2.56. The van der Waals surface area contributed by atoms with Crippen molar-refractivity contribution in [2.75, 3.05) is 25.5 Å². The Morgan fingerprint density at radius 2 is 2.19 bits per heavy atom. The van der Waals surface area contributed by atoms with Gasteiger partial charge in [-0.1, -0.05) is 6.07 Å². The number of hydrogen-bond donors (Lipinski definition) is 2. The van der Waals surface area contributed by atoms with Crippen LogP contribution in [0.4, 0.5) is 5.69 Å². The molecule has 1 aromatic carbocycles. The summed E-state index contributed by atoms with van der Waals surface area (Å²) >= 11 is 0. The molecule has 1 aliphatic rings. The second-order valence-corrected chi connectivity index (χ2v) is 5.38. The average molecular weight is 291 g/mol. The molecule has 6 heteroatoms. The van der Waals surface area contributed by atoms with E-state index in [1.807, 2.05) is 13.8 Å². The topological polar surface area (TPSA) is 84.7 Å². The van der Waals surface area contributed by atoms with E-state index in [-0.39, 0.29) is 24.5 Å².